The van der Waals surface area contributed by atoms with Gasteiger partial charge in [-0.25, -0.2) is 0 Å². The van der Waals surface area contributed by atoms with Crippen LogP contribution in [0, 0.1) is 6.92 Å². The fraction of sp³-hybridized carbons (Fsp3) is 0.167. The Morgan fingerprint density at radius 3 is 2.47 bits per heavy atom. The van der Waals surface area contributed by atoms with Crippen LogP contribution in [0.4, 0.5) is 8.78 Å². The Morgan fingerprint density at radius 1 is 1.00 bits per heavy atom. The van der Waals surface area contributed by atoms with Crippen molar-refractivity contribution in [2.24, 2.45) is 0 Å². The number of hydrogen-bond acceptors (Lipinski definition) is 1. The van der Waals surface area contributed by atoms with E-state index >= 15 is 0 Å². The van der Waals surface area contributed by atoms with E-state index in [9.17, 15) is 8.78 Å². The molecule has 0 atom stereocenters. The highest BCUT2D eigenvalue weighted by Gasteiger charge is 2.04. The molecule has 0 unspecified atom stereocenters. The molecule has 0 bridgehead atoms. The van der Waals surface area contributed by atoms with Crippen molar-refractivity contribution in [1.29, 1.82) is 0 Å². The van der Waals surface area contributed by atoms with E-state index in [0.29, 0.717) is 0 Å². The van der Waals surface area contributed by atoms with Gasteiger partial charge in [0, 0.05) is 0 Å². The summed E-state index contributed by atoms with van der Waals surface area (Å²) < 4.78 is 28.3. The second-order valence-corrected chi connectivity index (χ2v) is 3.39. The fourth-order valence-corrected chi connectivity index (χ4v) is 1.52. The Bertz CT molecular complexity index is 480. The van der Waals surface area contributed by atoms with Gasteiger partial charge in [0.2, 0.25) is 0 Å². The molecule has 2 aromatic rings. The van der Waals surface area contributed by atoms with E-state index in [1.165, 1.54) is 0 Å². The Morgan fingerprint density at radius 2 is 1.73 bits per heavy atom. The van der Waals surface area contributed by atoms with Crippen LogP contribution in [0.3, 0.4) is 0 Å². The van der Waals surface area contributed by atoms with Crippen LogP contribution in [0.5, 0.6) is 5.75 Å². The second-order valence-electron chi connectivity index (χ2n) is 3.39. The van der Waals surface area contributed by atoms with Crippen molar-refractivity contribution in [3.05, 3.63) is 42.0 Å². The fourth-order valence-electron chi connectivity index (χ4n) is 1.52. The van der Waals surface area contributed by atoms with Crippen LogP contribution in [-0.2, 0) is 0 Å². The van der Waals surface area contributed by atoms with Crippen molar-refractivity contribution in [2.75, 3.05) is 0 Å². The van der Waals surface area contributed by atoms with Gasteiger partial charge in [0.15, 0.2) is 0 Å². The first-order valence-corrected chi connectivity index (χ1v) is 4.60. The zero-order chi connectivity index (χ0) is 10.8. The van der Waals surface area contributed by atoms with Gasteiger partial charge in [0.1, 0.15) is 5.75 Å². The van der Waals surface area contributed by atoms with E-state index in [1.807, 2.05) is 25.1 Å². The average Bonchev–Trinajstić information content (AvgIpc) is 2.16. The number of fused-ring (bicyclic) bond motifs is 1. The molecule has 0 fully saturated rings. The van der Waals surface area contributed by atoms with E-state index < -0.39 is 6.61 Å². The van der Waals surface area contributed by atoms with Crippen molar-refractivity contribution >= 4 is 10.8 Å². The Kier molecular flexibility index (Phi) is 2.54. The van der Waals surface area contributed by atoms with Gasteiger partial charge >= 0.3 is 6.61 Å². The summed E-state index contributed by atoms with van der Waals surface area (Å²) in [5.74, 6) is 0.197. The third-order valence-corrected chi connectivity index (χ3v) is 2.19. The summed E-state index contributed by atoms with van der Waals surface area (Å²) in [5.41, 5.74) is 1.09. The molecule has 0 aliphatic carbocycles. The number of hydrogen-bond donors (Lipinski definition) is 0. The predicted molar refractivity (Wildman–Crippen MR) is 55.3 cm³/mol. The summed E-state index contributed by atoms with van der Waals surface area (Å²) in [5, 5.41) is 1.93. The molecular formula is C12H10F2O. The Hall–Kier alpha value is -1.64. The number of ether oxygens (including phenoxy) is 1. The van der Waals surface area contributed by atoms with Gasteiger partial charge in [-0.05, 0) is 29.8 Å². The SMILES string of the molecule is Cc1ccc2ccc(OC(F)F)cc2c1. The molecule has 1 nitrogen and oxygen atoms in total. The summed E-state index contributed by atoms with van der Waals surface area (Å²) >= 11 is 0. The lowest BCUT2D eigenvalue weighted by Gasteiger charge is -2.05. The van der Waals surface area contributed by atoms with E-state index in [2.05, 4.69) is 4.74 Å². The van der Waals surface area contributed by atoms with Crippen LogP contribution in [0.15, 0.2) is 36.4 Å². The number of alkyl halides is 2. The lowest BCUT2D eigenvalue weighted by molar-refractivity contribution is -0.0497. The summed E-state index contributed by atoms with van der Waals surface area (Å²) in [7, 11) is 0. The van der Waals surface area contributed by atoms with Crippen LogP contribution < -0.4 is 4.74 Å². The van der Waals surface area contributed by atoms with E-state index in [-0.39, 0.29) is 5.75 Å². The molecule has 78 valence electrons. The van der Waals surface area contributed by atoms with Gasteiger partial charge < -0.3 is 4.74 Å². The first kappa shape index (κ1) is 9.90. The molecule has 0 saturated heterocycles. The highest BCUT2D eigenvalue weighted by molar-refractivity contribution is 5.84. The standard InChI is InChI=1S/C12H10F2O/c1-8-2-3-9-4-5-11(15-12(13)14)7-10(9)6-8/h2-7,12H,1H3. The highest BCUT2D eigenvalue weighted by atomic mass is 19.3. The Labute approximate surface area is 86.3 Å². The van der Waals surface area contributed by atoms with Crippen molar-refractivity contribution in [2.45, 2.75) is 13.5 Å². The summed E-state index contributed by atoms with van der Waals surface area (Å²) in [4.78, 5) is 0. The molecule has 0 saturated carbocycles. The third-order valence-electron chi connectivity index (χ3n) is 2.19. The summed E-state index contributed by atoms with van der Waals surface area (Å²) in [6.07, 6.45) is 0. The molecular weight excluding hydrogens is 198 g/mol. The first-order valence-electron chi connectivity index (χ1n) is 4.60. The van der Waals surface area contributed by atoms with Gasteiger partial charge in [-0.3, -0.25) is 0 Å². The Balaban J connectivity index is 2.45. The summed E-state index contributed by atoms with van der Waals surface area (Å²) in [6, 6.07) is 10.8. The summed E-state index contributed by atoms with van der Waals surface area (Å²) in [6.45, 7) is -0.813. The number of halogens is 2. The topological polar surface area (TPSA) is 9.23 Å². The largest absolute Gasteiger partial charge is 0.435 e. The van der Waals surface area contributed by atoms with Crippen molar-refractivity contribution < 1.29 is 13.5 Å². The maximum absolute atomic E-state index is 12.0. The molecule has 0 amide bonds. The molecule has 0 spiro atoms. The van der Waals surface area contributed by atoms with Crippen LogP contribution in [0.2, 0.25) is 0 Å². The van der Waals surface area contributed by atoms with Crippen molar-refractivity contribution in [3.8, 4) is 5.75 Å². The molecule has 0 radical (unpaired) electrons. The number of aryl methyl sites for hydroxylation is 1. The molecule has 0 aliphatic rings. The van der Waals surface area contributed by atoms with Gasteiger partial charge in [-0.1, -0.05) is 29.8 Å². The first-order chi connectivity index (χ1) is 7.15. The highest BCUT2D eigenvalue weighted by Crippen LogP contribution is 2.22. The molecule has 15 heavy (non-hydrogen) atoms. The van der Waals surface area contributed by atoms with E-state index in [4.69, 9.17) is 0 Å². The van der Waals surface area contributed by atoms with Crippen LogP contribution in [0.25, 0.3) is 10.8 Å². The maximum Gasteiger partial charge on any atom is 0.387 e. The average molecular weight is 208 g/mol. The molecule has 3 heteroatoms. The molecule has 0 N–H and O–H groups in total. The van der Waals surface area contributed by atoms with Gasteiger partial charge in [0.05, 0.1) is 0 Å². The zero-order valence-corrected chi connectivity index (χ0v) is 8.21. The van der Waals surface area contributed by atoms with Crippen molar-refractivity contribution in [1.82, 2.24) is 0 Å². The van der Waals surface area contributed by atoms with Crippen LogP contribution >= 0.6 is 0 Å². The smallest absolute Gasteiger partial charge is 0.387 e. The second kappa shape index (κ2) is 3.85. The molecule has 2 aromatic carbocycles. The molecule has 2 rings (SSSR count). The third kappa shape index (κ3) is 2.24. The van der Waals surface area contributed by atoms with Gasteiger partial charge in [-0.15, -0.1) is 0 Å². The molecule has 0 heterocycles. The van der Waals surface area contributed by atoms with Gasteiger partial charge in [0.25, 0.3) is 0 Å². The minimum absolute atomic E-state index is 0.197. The van der Waals surface area contributed by atoms with Crippen LogP contribution in [-0.4, -0.2) is 6.61 Å². The maximum atomic E-state index is 12.0. The van der Waals surface area contributed by atoms with Crippen LogP contribution in [0.1, 0.15) is 5.56 Å². The quantitative estimate of drug-likeness (QED) is 0.730. The number of benzene rings is 2. The van der Waals surface area contributed by atoms with E-state index in [1.54, 1.807) is 18.2 Å². The normalized spacial score (nSPS) is 10.9. The van der Waals surface area contributed by atoms with E-state index in [0.717, 1.165) is 16.3 Å². The molecule has 0 aliphatic heterocycles. The van der Waals surface area contributed by atoms with Crippen molar-refractivity contribution in [3.63, 3.8) is 0 Å². The predicted octanol–water partition coefficient (Wildman–Crippen LogP) is 3.75. The minimum Gasteiger partial charge on any atom is -0.435 e. The lowest BCUT2D eigenvalue weighted by atomic mass is 10.1. The molecule has 0 aromatic heterocycles. The lowest BCUT2D eigenvalue weighted by Crippen LogP contribution is -2.01. The van der Waals surface area contributed by atoms with Gasteiger partial charge in [-0.2, -0.15) is 8.78 Å². The monoisotopic (exact) mass is 208 g/mol. The minimum atomic E-state index is -2.77. The zero-order valence-electron chi connectivity index (χ0n) is 8.21. The number of rotatable bonds is 2.